The molecule has 1 N–H and O–H groups in total. The van der Waals surface area contributed by atoms with E-state index in [0.717, 1.165) is 49.7 Å². The second-order valence-corrected chi connectivity index (χ2v) is 14.2. The monoisotopic (exact) mass is 560 g/mol. The van der Waals surface area contributed by atoms with E-state index in [0.29, 0.717) is 36.8 Å². The zero-order valence-corrected chi connectivity index (χ0v) is 24.8. The van der Waals surface area contributed by atoms with Gasteiger partial charge in [0.2, 0.25) is 0 Å². The highest BCUT2D eigenvalue weighted by atomic mass is 31.2. The summed E-state index contributed by atoms with van der Waals surface area (Å²) < 4.78 is 24.7. The van der Waals surface area contributed by atoms with Crippen molar-refractivity contribution in [1.82, 2.24) is 0 Å². The van der Waals surface area contributed by atoms with Gasteiger partial charge in [0, 0.05) is 17.8 Å². The third-order valence-electron chi connectivity index (χ3n) is 10.3. The van der Waals surface area contributed by atoms with Gasteiger partial charge in [-0.2, -0.15) is 0 Å². The second kappa shape index (κ2) is 10.5. The van der Waals surface area contributed by atoms with Crippen molar-refractivity contribution in [2.75, 3.05) is 13.2 Å². The van der Waals surface area contributed by atoms with Crippen LogP contribution in [0.5, 0.6) is 0 Å². The van der Waals surface area contributed by atoms with E-state index in [9.17, 15) is 14.5 Å². The van der Waals surface area contributed by atoms with Crippen molar-refractivity contribution >= 4 is 18.7 Å². The number of benzene rings is 2. The molecule has 0 spiro atoms. The standard InChI is InChI=1S/C34H41O5P/c1-4-38-40(37,39-5-2)27-15-11-23(12-16-27)30-22-33(3)31(19-20-34(33,36)25-9-7-6-8-10-25)29-17-13-24-21-26(35)14-18-28(24)32(29)30/h6-12,15-16,21,29-31,36H,4-5,13-14,17-20,22H2,1-3H3/t29-,30+,31-,33-,34+/m0/s1. The van der Waals surface area contributed by atoms with Crippen molar-refractivity contribution in [2.45, 2.75) is 77.2 Å². The molecular formula is C34H41O5P. The third-order valence-corrected chi connectivity index (χ3v) is 12.5. The van der Waals surface area contributed by atoms with Gasteiger partial charge in [-0.15, -0.1) is 0 Å². The second-order valence-electron chi connectivity index (χ2n) is 12.2. The summed E-state index contributed by atoms with van der Waals surface area (Å²) in [7, 11) is -3.38. The smallest absolute Gasteiger partial charge is 0.361 e. The molecule has 5 atom stereocenters. The molecule has 2 aromatic carbocycles. The maximum Gasteiger partial charge on any atom is 0.361 e. The molecule has 0 aliphatic heterocycles. The van der Waals surface area contributed by atoms with Crippen LogP contribution in [-0.4, -0.2) is 24.1 Å². The van der Waals surface area contributed by atoms with Gasteiger partial charge in [0.25, 0.3) is 0 Å². The van der Waals surface area contributed by atoms with Crippen LogP contribution in [0.25, 0.3) is 0 Å². The lowest BCUT2D eigenvalue weighted by atomic mass is 9.50. The molecule has 2 saturated carbocycles. The van der Waals surface area contributed by atoms with Crippen LogP contribution in [0.2, 0.25) is 0 Å². The van der Waals surface area contributed by atoms with E-state index in [4.69, 9.17) is 9.05 Å². The summed E-state index contributed by atoms with van der Waals surface area (Å²) in [6.45, 7) is 6.59. The van der Waals surface area contributed by atoms with Gasteiger partial charge in [0.05, 0.1) is 24.1 Å². The summed E-state index contributed by atoms with van der Waals surface area (Å²) in [5.74, 6) is 1.10. The lowest BCUT2D eigenvalue weighted by Gasteiger charge is -2.55. The van der Waals surface area contributed by atoms with Gasteiger partial charge in [-0.05, 0) is 105 Å². The van der Waals surface area contributed by atoms with Crippen LogP contribution in [0.4, 0.5) is 0 Å². The molecule has 6 rings (SSSR count). The third kappa shape index (κ3) is 4.32. The molecule has 0 amide bonds. The molecule has 2 aromatic rings. The number of aliphatic hydroxyl groups is 1. The van der Waals surface area contributed by atoms with Crippen molar-refractivity contribution in [3.05, 3.63) is 88.5 Å². The molecule has 0 radical (unpaired) electrons. The van der Waals surface area contributed by atoms with E-state index >= 15 is 0 Å². The van der Waals surface area contributed by atoms with Gasteiger partial charge in [-0.1, -0.05) is 55.0 Å². The highest BCUT2D eigenvalue weighted by molar-refractivity contribution is 7.62. The zero-order chi connectivity index (χ0) is 28.1. The zero-order valence-electron chi connectivity index (χ0n) is 23.9. The van der Waals surface area contributed by atoms with E-state index in [1.54, 1.807) is 0 Å². The Hall–Kier alpha value is -2.30. The first-order valence-corrected chi connectivity index (χ1v) is 16.5. The van der Waals surface area contributed by atoms with Gasteiger partial charge < -0.3 is 14.2 Å². The summed E-state index contributed by atoms with van der Waals surface area (Å²) >= 11 is 0. The number of rotatable bonds is 7. The maximum absolute atomic E-state index is 13.5. The van der Waals surface area contributed by atoms with E-state index in [1.807, 2.05) is 50.3 Å². The van der Waals surface area contributed by atoms with Crippen LogP contribution in [0.15, 0.2) is 77.4 Å². The number of ketones is 1. The molecule has 0 unspecified atom stereocenters. The Kier molecular flexibility index (Phi) is 7.32. The summed E-state index contributed by atoms with van der Waals surface area (Å²) in [4.78, 5) is 12.4. The largest absolute Gasteiger partial charge is 0.385 e. The lowest BCUT2D eigenvalue weighted by molar-refractivity contribution is -0.114. The number of allylic oxidation sites excluding steroid dienone is 4. The van der Waals surface area contributed by atoms with Crippen LogP contribution in [0.3, 0.4) is 0 Å². The van der Waals surface area contributed by atoms with Crippen molar-refractivity contribution in [1.29, 1.82) is 0 Å². The molecule has 0 aromatic heterocycles. The van der Waals surface area contributed by atoms with Crippen molar-refractivity contribution in [2.24, 2.45) is 17.3 Å². The molecule has 4 aliphatic carbocycles. The minimum Gasteiger partial charge on any atom is -0.385 e. The molecule has 40 heavy (non-hydrogen) atoms. The van der Waals surface area contributed by atoms with E-state index in [2.05, 4.69) is 31.2 Å². The molecule has 0 saturated heterocycles. The fourth-order valence-corrected chi connectivity index (χ4v) is 10.1. The molecule has 0 bridgehead atoms. The minimum atomic E-state index is -3.38. The van der Waals surface area contributed by atoms with Crippen LogP contribution >= 0.6 is 7.60 Å². The first kappa shape index (κ1) is 27.8. The Balaban J connectivity index is 1.47. The Morgan fingerprint density at radius 1 is 0.950 bits per heavy atom. The van der Waals surface area contributed by atoms with Crippen LogP contribution in [-0.2, 0) is 24.0 Å². The van der Waals surface area contributed by atoms with E-state index < -0.39 is 13.2 Å². The molecule has 5 nitrogen and oxygen atoms in total. The molecule has 212 valence electrons. The predicted octanol–water partition coefficient (Wildman–Crippen LogP) is 7.37. The van der Waals surface area contributed by atoms with Crippen LogP contribution in [0.1, 0.15) is 82.8 Å². The number of hydrogen-bond donors (Lipinski definition) is 1. The quantitative estimate of drug-likeness (QED) is 0.358. The SMILES string of the molecule is CCOP(=O)(OCC)c1ccc([C@H]2C[C@@]3(C)[C@@H](CC[C@@]3(O)c3ccccc3)[C@@H]3CCC4=CC(=O)CCC4=C32)cc1. The molecule has 4 aliphatic rings. The summed E-state index contributed by atoms with van der Waals surface area (Å²) in [5, 5.41) is 13.0. The molecule has 0 heterocycles. The van der Waals surface area contributed by atoms with E-state index in [1.165, 1.54) is 16.7 Å². The Morgan fingerprint density at radius 3 is 2.33 bits per heavy atom. The van der Waals surface area contributed by atoms with Gasteiger partial charge >= 0.3 is 7.60 Å². The van der Waals surface area contributed by atoms with E-state index in [-0.39, 0.29) is 17.1 Å². The Morgan fingerprint density at radius 2 is 1.65 bits per heavy atom. The maximum atomic E-state index is 13.5. The summed E-state index contributed by atoms with van der Waals surface area (Å²) in [6.07, 6.45) is 7.81. The fourth-order valence-electron chi connectivity index (χ4n) is 8.57. The van der Waals surface area contributed by atoms with Gasteiger partial charge in [-0.3, -0.25) is 9.36 Å². The normalized spacial score (nSPS) is 31.9. The lowest BCUT2D eigenvalue weighted by Crippen LogP contribution is -2.50. The predicted molar refractivity (Wildman–Crippen MR) is 158 cm³/mol. The average Bonchev–Trinajstić information content (AvgIpc) is 3.24. The fraction of sp³-hybridized carbons (Fsp3) is 0.500. The average molecular weight is 561 g/mol. The summed E-state index contributed by atoms with van der Waals surface area (Å²) in [6, 6.07) is 18.2. The van der Waals surface area contributed by atoms with Crippen molar-refractivity contribution in [3.63, 3.8) is 0 Å². The molecular weight excluding hydrogens is 519 g/mol. The highest BCUT2D eigenvalue weighted by Crippen LogP contribution is 2.69. The van der Waals surface area contributed by atoms with Gasteiger partial charge in [0.15, 0.2) is 5.78 Å². The number of carbonyl (C=O) groups excluding carboxylic acids is 1. The van der Waals surface area contributed by atoms with Crippen LogP contribution in [0, 0.1) is 17.3 Å². The Labute approximate surface area is 238 Å². The highest BCUT2D eigenvalue weighted by Gasteiger charge is 2.63. The van der Waals surface area contributed by atoms with Gasteiger partial charge in [-0.25, -0.2) is 0 Å². The first-order valence-electron chi connectivity index (χ1n) is 15.0. The van der Waals surface area contributed by atoms with Crippen molar-refractivity contribution in [3.8, 4) is 0 Å². The first-order chi connectivity index (χ1) is 19.2. The summed E-state index contributed by atoms with van der Waals surface area (Å²) in [5.41, 5.74) is 5.07. The van der Waals surface area contributed by atoms with Gasteiger partial charge in [0.1, 0.15) is 0 Å². The molecule has 6 heteroatoms. The van der Waals surface area contributed by atoms with Crippen molar-refractivity contribution < 1.29 is 23.5 Å². The number of hydrogen-bond acceptors (Lipinski definition) is 5. The Bertz CT molecular complexity index is 1380. The van der Waals surface area contributed by atoms with Crippen LogP contribution < -0.4 is 5.30 Å². The minimum absolute atomic E-state index is 0.110. The topological polar surface area (TPSA) is 72.8 Å². The number of fused-ring (bicyclic) bond motifs is 4. The molecule has 2 fully saturated rings. The number of carbonyl (C=O) groups is 1.